The minimum Gasteiger partial charge on any atom is -0.425 e. The van der Waals surface area contributed by atoms with Crippen molar-refractivity contribution in [2.75, 3.05) is 0 Å². The molecule has 0 radical (unpaired) electrons. The molecule has 1 aromatic carbocycles. The van der Waals surface area contributed by atoms with Gasteiger partial charge in [0.25, 0.3) is 11.5 Å². The molecule has 6 heteroatoms. The van der Waals surface area contributed by atoms with Gasteiger partial charge in [0.2, 0.25) is 0 Å². The van der Waals surface area contributed by atoms with E-state index in [1.807, 2.05) is 0 Å². The molecule has 1 aromatic rings. The zero-order chi connectivity index (χ0) is 13.2. The summed E-state index contributed by atoms with van der Waals surface area (Å²) in [5, 5.41) is 10.4. The lowest BCUT2D eigenvalue weighted by molar-refractivity contribution is -0.384. The quantitative estimate of drug-likeness (QED) is 0.471. The van der Waals surface area contributed by atoms with Gasteiger partial charge in [-0.2, -0.15) is 4.39 Å². The molecular weight excluding hydrogens is 241 g/mol. The number of esters is 1. The maximum Gasteiger partial charge on any atom is 0.340 e. The van der Waals surface area contributed by atoms with Crippen LogP contribution in [0.2, 0.25) is 0 Å². The molecule has 0 unspecified atom stereocenters. The van der Waals surface area contributed by atoms with Crippen LogP contribution in [0.5, 0.6) is 0 Å². The van der Waals surface area contributed by atoms with Crippen molar-refractivity contribution in [3.05, 3.63) is 39.9 Å². The molecule has 18 heavy (non-hydrogen) atoms. The molecule has 0 bridgehead atoms. The fourth-order valence-corrected chi connectivity index (χ4v) is 1.95. The number of benzene rings is 1. The fourth-order valence-electron chi connectivity index (χ4n) is 1.95. The van der Waals surface area contributed by atoms with Crippen LogP contribution < -0.4 is 0 Å². The number of nitrogens with zero attached hydrogens (tertiary/aromatic N) is 1. The minimum absolute atomic E-state index is 0.115. The topological polar surface area (TPSA) is 69.4 Å². The lowest BCUT2D eigenvalue weighted by Crippen LogP contribution is -2.26. The Morgan fingerprint density at radius 3 is 2.33 bits per heavy atom. The molecule has 0 saturated heterocycles. The van der Waals surface area contributed by atoms with Gasteiger partial charge in [0.15, 0.2) is 0 Å². The van der Waals surface area contributed by atoms with Crippen molar-refractivity contribution in [1.82, 2.24) is 0 Å². The van der Waals surface area contributed by atoms with Crippen molar-refractivity contribution >= 4 is 11.7 Å². The van der Waals surface area contributed by atoms with Crippen molar-refractivity contribution in [2.24, 2.45) is 0 Å². The number of nitro groups is 1. The molecule has 96 valence electrons. The summed E-state index contributed by atoms with van der Waals surface area (Å²) < 4.78 is 18.7. The number of halogens is 1. The molecule has 1 aliphatic rings. The first-order chi connectivity index (χ1) is 8.50. The number of rotatable bonds is 3. The van der Waals surface area contributed by atoms with E-state index in [9.17, 15) is 19.3 Å². The summed E-state index contributed by atoms with van der Waals surface area (Å²) in [6.45, 7) is 0. The first-order valence-electron chi connectivity index (χ1n) is 5.67. The summed E-state index contributed by atoms with van der Waals surface area (Å²) in [7, 11) is 0. The molecule has 0 amide bonds. The number of ether oxygens (including phenoxy) is 1. The predicted octanol–water partition coefficient (Wildman–Crippen LogP) is 2.99. The average Bonchev–Trinajstić information content (AvgIpc) is 2.76. The van der Waals surface area contributed by atoms with E-state index in [1.165, 1.54) is 24.3 Å². The molecule has 1 fully saturated rings. The van der Waals surface area contributed by atoms with E-state index in [1.54, 1.807) is 0 Å². The van der Waals surface area contributed by atoms with Gasteiger partial charge in [-0.05, 0) is 25.0 Å². The highest BCUT2D eigenvalue weighted by Crippen LogP contribution is 2.35. The van der Waals surface area contributed by atoms with Crippen molar-refractivity contribution in [1.29, 1.82) is 0 Å². The number of carbonyl (C=O) groups excluding carboxylic acids is 1. The second kappa shape index (κ2) is 4.72. The normalized spacial score (nSPS) is 17.4. The van der Waals surface area contributed by atoms with Crippen LogP contribution in [0.15, 0.2) is 24.3 Å². The second-order valence-electron chi connectivity index (χ2n) is 4.28. The van der Waals surface area contributed by atoms with Gasteiger partial charge >= 0.3 is 5.97 Å². The molecule has 0 heterocycles. The van der Waals surface area contributed by atoms with Crippen LogP contribution in [0.3, 0.4) is 0 Å². The number of non-ortho nitro benzene ring substituents is 1. The van der Waals surface area contributed by atoms with E-state index >= 15 is 0 Å². The SMILES string of the molecule is O=C(OC1(F)CCCC1)c1ccc([N+](=O)[O-])cc1. The van der Waals surface area contributed by atoms with Crippen LogP contribution in [0.25, 0.3) is 0 Å². The van der Waals surface area contributed by atoms with Gasteiger partial charge in [0.05, 0.1) is 10.5 Å². The number of hydrogen-bond donors (Lipinski definition) is 0. The smallest absolute Gasteiger partial charge is 0.340 e. The van der Waals surface area contributed by atoms with E-state index in [-0.39, 0.29) is 24.1 Å². The van der Waals surface area contributed by atoms with E-state index in [4.69, 9.17) is 4.74 Å². The third-order valence-electron chi connectivity index (χ3n) is 2.94. The van der Waals surface area contributed by atoms with Crippen LogP contribution in [0.4, 0.5) is 10.1 Å². The standard InChI is InChI=1S/C12H12FNO4/c13-12(7-1-2-8-12)18-11(15)9-3-5-10(6-4-9)14(16)17/h3-6H,1-2,7-8H2. The zero-order valence-electron chi connectivity index (χ0n) is 9.60. The largest absolute Gasteiger partial charge is 0.425 e. The highest BCUT2D eigenvalue weighted by Gasteiger charge is 2.37. The van der Waals surface area contributed by atoms with Gasteiger partial charge in [0, 0.05) is 25.0 Å². The Hall–Kier alpha value is -1.98. The molecule has 0 N–H and O–H groups in total. The molecule has 0 atom stereocenters. The zero-order valence-corrected chi connectivity index (χ0v) is 9.60. The molecule has 0 aliphatic heterocycles. The summed E-state index contributed by atoms with van der Waals surface area (Å²) in [6.07, 6.45) is 1.82. The van der Waals surface area contributed by atoms with Crippen LogP contribution in [0, 0.1) is 10.1 Å². The summed E-state index contributed by atoms with van der Waals surface area (Å²) in [6, 6.07) is 4.91. The van der Waals surface area contributed by atoms with Crippen molar-refractivity contribution < 1.29 is 18.8 Å². The lowest BCUT2D eigenvalue weighted by Gasteiger charge is -2.19. The van der Waals surface area contributed by atoms with Crippen LogP contribution >= 0.6 is 0 Å². The fraction of sp³-hybridized carbons (Fsp3) is 0.417. The monoisotopic (exact) mass is 253 g/mol. The van der Waals surface area contributed by atoms with E-state index in [0.717, 1.165) is 0 Å². The Labute approximate surface area is 103 Å². The van der Waals surface area contributed by atoms with Crippen LogP contribution in [-0.2, 0) is 4.74 Å². The molecule has 1 saturated carbocycles. The summed E-state index contributed by atoms with van der Waals surface area (Å²) in [5.41, 5.74) is -0.00750. The highest BCUT2D eigenvalue weighted by atomic mass is 19.2. The molecule has 1 aliphatic carbocycles. The Morgan fingerprint density at radius 2 is 1.83 bits per heavy atom. The third kappa shape index (κ3) is 2.64. The first kappa shape index (κ1) is 12.5. The van der Waals surface area contributed by atoms with Gasteiger partial charge in [-0.3, -0.25) is 10.1 Å². The first-order valence-corrected chi connectivity index (χ1v) is 5.67. The van der Waals surface area contributed by atoms with E-state index < -0.39 is 16.7 Å². The Morgan fingerprint density at radius 1 is 1.28 bits per heavy atom. The highest BCUT2D eigenvalue weighted by molar-refractivity contribution is 5.89. The van der Waals surface area contributed by atoms with Crippen LogP contribution in [-0.4, -0.2) is 16.7 Å². The third-order valence-corrected chi connectivity index (χ3v) is 2.94. The minimum atomic E-state index is -1.88. The van der Waals surface area contributed by atoms with Crippen molar-refractivity contribution in [3.63, 3.8) is 0 Å². The summed E-state index contributed by atoms with van der Waals surface area (Å²) >= 11 is 0. The van der Waals surface area contributed by atoms with Crippen LogP contribution in [0.1, 0.15) is 36.0 Å². The predicted molar refractivity (Wildman–Crippen MR) is 60.8 cm³/mol. The second-order valence-corrected chi connectivity index (χ2v) is 4.28. The Balaban J connectivity index is 2.07. The molecular formula is C12H12FNO4. The Bertz CT molecular complexity index is 465. The van der Waals surface area contributed by atoms with Gasteiger partial charge in [0.1, 0.15) is 0 Å². The van der Waals surface area contributed by atoms with Crippen molar-refractivity contribution in [3.8, 4) is 0 Å². The summed E-state index contributed by atoms with van der Waals surface area (Å²) in [4.78, 5) is 21.5. The van der Waals surface area contributed by atoms with Gasteiger partial charge < -0.3 is 4.74 Å². The number of hydrogen-bond acceptors (Lipinski definition) is 4. The van der Waals surface area contributed by atoms with Gasteiger partial charge in [-0.1, -0.05) is 0 Å². The maximum absolute atomic E-state index is 13.9. The van der Waals surface area contributed by atoms with Gasteiger partial charge in [-0.15, -0.1) is 0 Å². The molecule has 0 spiro atoms. The number of alkyl halides is 1. The molecule has 5 nitrogen and oxygen atoms in total. The number of nitro benzene ring substituents is 1. The lowest BCUT2D eigenvalue weighted by atomic mass is 10.2. The van der Waals surface area contributed by atoms with Gasteiger partial charge in [-0.25, -0.2) is 4.79 Å². The average molecular weight is 253 g/mol. The van der Waals surface area contributed by atoms with Crippen molar-refractivity contribution in [2.45, 2.75) is 31.5 Å². The maximum atomic E-state index is 13.9. The number of carbonyl (C=O) groups is 1. The Kier molecular flexibility index (Phi) is 3.27. The van der Waals surface area contributed by atoms with E-state index in [2.05, 4.69) is 0 Å². The summed E-state index contributed by atoms with van der Waals surface area (Å²) in [5.74, 6) is -2.66. The molecule has 2 rings (SSSR count). The molecule has 0 aromatic heterocycles. The van der Waals surface area contributed by atoms with E-state index in [0.29, 0.717) is 12.8 Å².